The van der Waals surface area contributed by atoms with E-state index in [0.29, 0.717) is 18.2 Å². The van der Waals surface area contributed by atoms with Crippen LogP contribution in [0.15, 0.2) is 30.5 Å². The van der Waals surface area contributed by atoms with Crippen molar-refractivity contribution in [2.75, 3.05) is 18.0 Å². The van der Waals surface area contributed by atoms with Crippen molar-refractivity contribution in [1.82, 2.24) is 9.97 Å². The fourth-order valence-electron chi connectivity index (χ4n) is 2.67. The van der Waals surface area contributed by atoms with Gasteiger partial charge in [0, 0.05) is 30.9 Å². The highest BCUT2D eigenvalue weighted by molar-refractivity contribution is 5.61. The molecule has 0 radical (unpaired) electrons. The van der Waals surface area contributed by atoms with Gasteiger partial charge >= 0.3 is 0 Å². The van der Waals surface area contributed by atoms with Gasteiger partial charge in [-0.15, -0.1) is 0 Å². The van der Waals surface area contributed by atoms with Crippen LogP contribution in [0.4, 0.5) is 14.7 Å². The largest absolute Gasteiger partial charge is 0.337 e. The van der Waals surface area contributed by atoms with Crippen LogP contribution < -0.4 is 10.6 Å². The summed E-state index contributed by atoms with van der Waals surface area (Å²) < 4.78 is 27.2. The molecule has 1 aromatic heterocycles. The smallest absolute Gasteiger partial charge is 0.226 e. The zero-order valence-electron chi connectivity index (χ0n) is 11.5. The molecule has 0 aliphatic carbocycles. The molecule has 6 heteroatoms. The van der Waals surface area contributed by atoms with Crippen LogP contribution >= 0.6 is 0 Å². The molecule has 1 unspecified atom stereocenters. The first kappa shape index (κ1) is 13.9. The molecule has 21 heavy (non-hydrogen) atoms. The highest BCUT2D eigenvalue weighted by atomic mass is 19.1. The van der Waals surface area contributed by atoms with Crippen LogP contribution in [-0.4, -0.2) is 29.1 Å². The third kappa shape index (κ3) is 2.71. The number of nitrogens with two attached hydrogens (primary N) is 1. The molecule has 2 heterocycles. The van der Waals surface area contributed by atoms with E-state index in [2.05, 4.69) is 9.97 Å². The SMILES string of the molecule is NCC1CCCN1c1nccc(-c2cc(F)ccc2F)n1. The van der Waals surface area contributed by atoms with Crippen molar-refractivity contribution in [2.24, 2.45) is 5.73 Å². The number of hydrogen-bond acceptors (Lipinski definition) is 4. The quantitative estimate of drug-likeness (QED) is 0.942. The molecule has 1 saturated heterocycles. The molecule has 0 bridgehead atoms. The second kappa shape index (κ2) is 5.73. The average molecular weight is 290 g/mol. The van der Waals surface area contributed by atoms with E-state index in [1.54, 1.807) is 12.3 Å². The summed E-state index contributed by atoms with van der Waals surface area (Å²) in [5.74, 6) is -0.477. The third-order valence-corrected chi connectivity index (χ3v) is 3.75. The lowest BCUT2D eigenvalue weighted by Gasteiger charge is -2.23. The minimum Gasteiger partial charge on any atom is -0.337 e. The molecule has 4 nitrogen and oxygen atoms in total. The molecule has 0 amide bonds. The van der Waals surface area contributed by atoms with E-state index in [-0.39, 0.29) is 11.6 Å². The summed E-state index contributed by atoms with van der Waals surface area (Å²) >= 11 is 0. The average Bonchev–Trinajstić information content (AvgIpc) is 2.98. The number of nitrogens with zero attached hydrogens (tertiary/aromatic N) is 3. The first-order valence-corrected chi connectivity index (χ1v) is 6.94. The van der Waals surface area contributed by atoms with Gasteiger partial charge < -0.3 is 10.6 Å². The molecule has 1 aromatic carbocycles. The molecule has 1 aliphatic rings. The molecular formula is C15H16F2N4. The van der Waals surface area contributed by atoms with Crippen molar-refractivity contribution < 1.29 is 8.78 Å². The van der Waals surface area contributed by atoms with E-state index in [1.807, 2.05) is 4.90 Å². The summed E-state index contributed by atoms with van der Waals surface area (Å²) in [5, 5.41) is 0. The Morgan fingerprint density at radius 2 is 2.14 bits per heavy atom. The van der Waals surface area contributed by atoms with Gasteiger partial charge in [0.05, 0.1) is 5.69 Å². The predicted octanol–water partition coefficient (Wildman–Crippen LogP) is 2.35. The minimum absolute atomic E-state index is 0.141. The van der Waals surface area contributed by atoms with Crippen LogP contribution in [0.5, 0.6) is 0 Å². The van der Waals surface area contributed by atoms with Gasteiger partial charge in [-0.05, 0) is 37.1 Å². The van der Waals surface area contributed by atoms with E-state index in [9.17, 15) is 8.78 Å². The fourth-order valence-corrected chi connectivity index (χ4v) is 2.67. The summed E-state index contributed by atoms with van der Waals surface area (Å²) in [7, 11) is 0. The van der Waals surface area contributed by atoms with Gasteiger partial charge in [-0.25, -0.2) is 18.7 Å². The molecule has 110 valence electrons. The lowest BCUT2D eigenvalue weighted by molar-refractivity contribution is 0.602. The number of hydrogen-bond donors (Lipinski definition) is 1. The van der Waals surface area contributed by atoms with Crippen LogP contribution in [0, 0.1) is 11.6 Å². The minimum atomic E-state index is -0.502. The van der Waals surface area contributed by atoms with Crippen molar-refractivity contribution >= 4 is 5.95 Å². The van der Waals surface area contributed by atoms with Gasteiger partial charge in [-0.2, -0.15) is 0 Å². The molecule has 3 rings (SSSR count). The molecule has 0 saturated carbocycles. The Kier molecular flexibility index (Phi) is 3.79. The van der Waals surface area contributed by atoms with Crippen molar-refractivity contribution in [2.45, 2.75) is 18.9 Å². The zero-order chi connectivity index (χ0) is 14.8. The first-order valence-electron chi connectivity index (χ1n) is 6.94. The van der Waals surface area contributed by atoms with Crippen LogP contribution in [0.3, 0.4) is 0 Å². The Morgan fingerprint density at radius 1 is 1.29 bits per heavy atom. The predicted molar refractivity (Wildman–Crippen MR) is 76.8 cm³/mol. The number of anilines is 1. The van der Waals surface area contributed by atoms with Gasteiger partial charge in [0.1, 0.15) is 11.6 Å². The topological polar surface area (TPSA) is 55.0 Å². The van der Waals surface area contributed by atoms with Crippen LogP contribution in [0.25, 0.3) is 11.3 Å². The maximum atomic E-state index is 13.8. The molecule has 0 spiro atoms. The Balaban J connectivity index is 1.98. The summed E-state index contributed by atoms with van der Waals surface area (Å²) in [4.78, 5) is 10.6. The Hall–Kier alpha value is -2.08. The van der Waals surface area contributed by atoms with Crippen molar-refractivity contribution in [3.8, 4) is 11.3 Å². The maximum absolute atomic E-state index is 13.8. The summed E-state index contributed by atoms with van der Waals surface area (Å²) in [5.41, 5.74) is 6.26. The summed E-state index contributed by atoms with van der Waals surface area (Å²) in [6.07, 6.45) is 3.59. The van der Waals surface area contributed by atoms with Gasteiger partial charge in [0.25, 0.3) is 0 Å². The molecule has 1 aliphatic heterocycles. The standard InChI is InChI=1S/C15H16F2N4/c16-10-3-4-13(17)12(8-10)14-5-6-19-15(20-14)21-7-1-2-11(21)9-18/h3-6,8,11H,1-2,7,9,18H2. The maximum Gasteiger partial charge on any atom is 0.226 e. The van der Waals surface area contributed by atoms with E-state index >= 15 is 0 Å². The lowest BCUT2D eigenvalue weighted by Crippen LogP contribution is -2.36. The molecule has 1 atom stereocenters. The normalized spacial score (nSPS) is 18.2. The lowest BCUT2D eigenvalue weighted by atomic mass is 10.1. The van der Waals surface area contributed by atoms with Gasteiger partial charge in [0.2, 0.25) is 5.95 Å². The van der Waals surface area contributed by atoms with Gasteiger partial charge in [-0.3, -0.25) is 0 Å². The first-order chi connectivity index (χ1) is 10.2. The molecular weight excluding hydrogens is 274 g/mol. The summed E-state index contributed by atoms with van der Waals surface area (Å²) in [6, 6.07) is 5.12. The van der Waals surface area contributed by atoms with Crippen LogP contribution in [-0.2, 0) is 0 Å². The highest BCUT2D eigenvalue weighted by Crippen LogP contribution is 2.26. The summed E-state index contributed by atoms with van der Waals surface area (Å²) in [6.45, 7) is 1.36. The Labute approximate surface area is 121 Å². The molecule has 1 fully saturated rings. The monoisotopic (exact) mass is 290 g/mol. The van der Waals surface area contributed by atoms with E-state index in [0.717, 1.165) is 37.6 Å². The second-order valence-electron chi connectivity index (χ2n) is 5.09. The van der Waals surface area contributed by atoms with Gasteiger partial charge in [-0.1, -0.05) is 0 Å². The number of rotatable bonds is 3. The number of halogens is 2. The second-order valence-corrected chi connectivity index (χ2v) is 5.09. The van der Waals surface area contributed by atoms with E-state index in [4.69, 9.17) is 5.73 Å². The van der Waals surface area contributed by atoms with E-state index in [1.165, 1.54) is 0 Å². The van der Waals surface area contributed by atoms with Crippen molar-refractivity contribution in [3.05, 3.63) is 42.1 Å². The van der Waals surface area contributed by atoms with Crippen molar-refractivity contribution in [1.29, 1.82) is 0 Å². The van der Waals surface area contributed by atoms with Crippen LogP contribution in [0.2, 0.25) is 0 Å². The Morgan fingerprint density at radius 3 is 2.95 bits per heavy atom. The third-order valence-electron chi connectivity index (χ3n) is 3.75. The molecule has 2 N–H and O–H groups in total. The Bertz CT molecular complexity index is 647. The van der Waals surface area contributed by atoms with Crippen molar-refractivity contribution in [3.63, 3.8) is 0 Å². The highest BCUT2D eigenvalue weighted by Gasteiger charge is 2.25. The zero-order valence-corrected chi connectivity index (χ0v) is 11.5. The van der Waals surface area contributed by atoms with Gasteiger partial charge in [0.15, 0.2) is 0 Å². The number of aromatic nitrogens is 2. The molecule has 2 aromatic rings. The van der Waals surface area contributed by atoms with E-state index < -0.39 is 11.6 Å². The van der Waals surface area contributed by atoms with Crippen LogP contribution in [0.1, 0.15) is 12.8 Å². The number of benzene rings is 1. The fraction of sp³-hybridized carbons (Fsp3) is 0.333.